The number of hydrogen-bond donors (Lipinski definition) is 3. The summed E-state index contributed by atoms with van der Waals surface area (Å²) in [6, 6.07) is -0.202. The van der Waals surface area contributed by atoms with E-state index in [1.807, 2.05) is 0 Å². The predicted molar refractivity (Wildman–Crippen MR) is 69.8 cm³/mol. The van der Waals surface area contributed by atoms with Gasteiger partial charge >= 0.3 is 16.1 Å². The van der Waals surface area contributed by atoms with Gasteiger partial charge in [-0.2, -0.15) is 18.4 Å². The van der Waals surface area contributed by atoms with Crippen molar-refractivity contribution < 1.29 is 17.7 Å². The first-order valence-corrected chi connectivity index (χ1v) is 7.77. The van der Waals surface area contributed by atoms with Crippen LogP contribution in [0.1, 0.15) is 12.8 Å². The molecule has 20 heavy (non-hydrogen) atoms. The smallest absolute Gasteiger partial charge is 0.337 e. The van der Waals surface area contributed by atoms with Gasteiger partial charge in [-0.3, -0.25) is 0 Å². The van der Waals surface area contributed by atoms with Crippen molar-refractivity contribution in [2.24, 2.45) is 0 Å². The molecular weight excluding hydrogens is 286 g/mol. The van der Waals surface area contributed by atoms with Crippen molar-refractivity contribution in [3.63, 3.8) is 0 Å². The van der Waals surface area contributed by atoms with E-state index in [2.05, 4.69) is 29.4 Å². The summed E-state index contributed by atoms with van der Waals surface area (Å²) < 4.78 is 27.0. The highest BCUT2D eigenvalue weighted by Crippen LogP contribution is 2.27. The van der Waals surface area contributed by atoms with Gasteiger partial charge in [0.1, 0.15) is 5.52 Å². The topological polar surface area (TPSA) is 130 Å². The van der Waals surface area contributed by atoms with E-state index in [0.29, 0.717) is 29.8 Å². The molecule has 0 saturated heterocycles. The molecule has 2 aromatic rings. The number of imidazole rings is 1. The van der Waals surface area contributed by atoms with Gasteiger partial charge in [0.15, 0.2) is 11.5 Å². The minimum absolute atomic E-state index is 0.0810. The zero-order valence-corrected chi connectivity index (χ0v) is 11.4. The van der Waals surface area contributed by atoms with Crippen molar-refractivity contribution in [2.45, 2.75) is 25.0 Å². The number of rotatable bonds is 4. The van der Waals surface area contributed by atoms with Gasteiger partial charge in [-0.15, -0.1) is 0 Å². The Labute approximate surface area is 114 Å². The fraction of sp³-hybridized carbons (Fsp3) is 0.500. The van der Waals surface area contributed by atoms with Gasteiger partial charge < -0.3 is 19.6 Å². The van der Waals surface area contributed by atoms with Crippen LogP contribution in [-0.2, 0) is 10.1 Å². The average Bonchev–Trinajstić information content (AvgIpc) is 2.72. The molecule has 0 bridgehead atoms. The minimum Gasteiger partial charge on any atom is -0.393 e. The van der Waals surface area contributed by atoms with Crippen LogP contribution >= 0.6 is 0 Å². The maximum atomic E-state index is 11.1. The highest BCUT2D eigenvalue weighted by Gasteiger charge is 2.28. The first-order chi connectivity index (χ1) is 9.40. The van der Waals surface area contributed by atoms with Crippen LogP contribution in [0.4, 0.5) is 5.82 Å². The number of aliphatic hydroxyl groups is 1. The maximum absolute atomic E-state index is 11.1. The molecule has 108 valence electrons. The Balaban J connectivity index is 1.94. The van der Waals surface area contributed by atoms with E-state index in [1.54, 1.807) is 0 Å². The lowest BCUT2D eigenvalue weighted by Gasteiger charge is -2.32. The molecule has 0 amide bonds. The van der Waals surface area contributed by atoms with Crippen LogP contribution in [0.2, 0.25) is 0 Å². The summed E-state index contributed by atoms with van der Waals surface area (Å²) in [5.74, 6) is 0.406. The number of anilines is 1. The molecule has 2 aromatic heterocycles. The Kier molecular flexibility index (Phi) is 2.98. The van der Waals surface area contributed by atoms with E-state index in [9.17, 15) is 13.5 Å². The Morgan fingerprint density at radius 3 is 2.85 bits per heavy atom. The summed E-state index contributed by atoms with van der Waals surface area (Å²) in [7, 11) is -3.71. The van der Waals surface area contributed by atoms with Crippen molar-refractivity contribution in [3.05, 3.63) is 6.33 Å². The van der Waals surface area contributed by atoms with Crippen LogP contribution in [-0.4, -0.2) is 51.9 Å². The van der Waals surface area contributed by atoms with Gasteiger partial charge in [-0.1, -0.05) is 0 Å². The number of H-pyrrole nitrogens is 1. The third-order valence-electron chi connectivity index (χ3n) is 2.95. The van der Waals surface area contributed by atoms with E-state index in [4.69, 9.17) is 0 Å². The van der Waals surface area contributed by atoms with Crippen LogP contribution in [0.3, 0.4) is 0 Å². The molecule has 3 rings (SSSR count). The van der Waals surface area contributed by atoms with Crippen LogP contribution in [0.25, 0.3) is 11.2 Å². The lowest BCUT2D eigenvalue weighted by atomic mass is 9.89. The summed E-state index contributed by atoms with van der Waals surface area (Å²) >= 11 is 0. The first-order valence-electron chi connectivity index (χ1n) is 5.96. The zero-order chi connectivity index (χ0) is 14.3. The normalized spacial score (nSPS) is 22.5. The Morgan fingerprint density at radius 2 is 2.20 bits per heavy atom. The molecule has 0 aliphatic heterocycles. The number of aromatic amines is 1. The molecule has 0 unspecified atom stereocenters. The summed E-state index contributed by atoms with van der Waals surface area (Å²) in [6.45, 7) is 0. The molecular formula is C10H13N5O4S. The van der Waals surface area contributed by atoms with Crippen molar-refractivity contribution in [2.75, 3.05) is 11.6 Å². The second-order valence-electron chi connectivity index (χ2n) is 4.71. The van der Waals surface area contributed by atoms with Gasteiger partial charge in [-0.05, 0) is 12.8 Å². The average molecular weight is 299 g/mol. The van der Waals surface area contributed by atoms with Gasteiger partial charge in [0, 0.05) is 6.04 Å². The summed E-state index contributed by atoms with van der Waals surface area (Å²) in [5.41, 5.74) is 0.869. The fourth-order valence-electron chi connectivity index (χ4n) is 1.99. The van der Waals surface area contributed by atoms with Gasteiger partial charge in [0.2, 0.25) is 0 Å². The molecule has 0 radical (unpaired) electrons. The van der Waals surface area contributed by atoms with Gasteiger partial charge in [0.05, 0.1) is 18.7 Å². The fourth-order valence-corrected chi connectivity index (χ4v) is 2.33. The molecule has 2 heterocycles. The second kappa shape index (κ2) is 4.56. The maximum Gasteiger partial charge on any atom is 0.337 e. The predicted octanol–water partition coefficient (Wildman–Crippen LogP) is -0.374. The summed E-state index contributed by atoms with van der Waals surface area (Å²) in [5, 5.41) is 12.4. The van der Waals surface area contributed by atoms with Crippen LogP contribution < -0.4 is 9.50 Å². The molecule has 3 N–H and O–H groups in total. The highest BCUT2D eigenvalue weighted by atomic mass is 32.2. The number of nitrogens with one attached hydrogen (secondary N) is 2. The van der Waals surface area contributed by atoms with E-state index in [-0.39, 0.29) is 18.2 Å². The van der Waals surface area contributed by atoms with E-state index in [1.165, 1.54) is 6.33 Å². The first kappa shape index (κ1) is 13.1. The molecule has 1 saturated carbocycles. The molecule has 0 spiro atoms. The third kappa shape index (κ3) is 2.65. The Morgan fingerprint density at radius 1 is 1.45 bits per heavy atom. The Hall–Kier alpha value is -1.94. The highest BCUT2D eigenvalue weighted by molar-refractivity contribution is 7.86. The van der Waals surface area contributed by atoms with Crippen molar-refractivity contribution in [1.82, 2.24) is 19.9 Å². The molecule has 9 nitrogen and oxygen atoms in total. The largest absolute Gasteiger partial charge is 0.393 e. The summed E-state index contributed by atoms with van der Waals surface area (Å²) in [6.07, 6.45) is 3.27. The third-order valence-corrected chi connectivity index (χ3v) is 3.40. The van der Waals surface area contributed by atoms with Gasteiger partial charge in [0.25, 0.3) is 0 Å². The summed E-state index contributed by atoms with van der Waals surface area (Å²) in [4.78, 5) is 14.8. The number of hydrogen-bond acceptors (Lipinski definition) is 8. The molecule has 0 atom stereocenters. The SMILES string of the molecule is CS(=O)(=O)Oc1nc(NC2CC(O)C2)c2[nH]cnc2n1. The molecule has 1 aliphatic rings. The molecule has 0 aromatic carbocycles. The standard InChI is InChI=1S/C10H13N5O4S/c1-20(17,18)19-10-14-8-7(11-4-12-8)9(15-10)13-5-2-6(16)3-5/h4-6,16H,2-3H2,1H3,(H2,11,12,13,14,15). The number of nitrogens with zero attached hydrogens (tertiary/aromatic N) is 3. The van der Waals surface area contributed by atoms with E-state index in [0.717, 1.165) is 6.26 Å². The van der Waals surface area contributed by atoms with Crippen molar-refractivity contribution >= 4 is 27.1 Å². The molecule has 10 heteroatoms. The number of fused-ring (bicyclic) bond motifs is 1. The molecule has 1 fully saturated rings. The lowest BCUT2D eigenvalue weighted by molar-refractivity contribution is 0.0836. The molecule has 1 aliphatic carbocycles. The quantitative estimate of drug-likeness (QED) is 0.652. The lowest BCUT2D eigenvalue weighted by Crippen LogP contribution is -2.39. The number of aliphatic hydroxyl groups excluding tert-OH is 1. The minimum atomic E-state index is -3.71. The monoisotopic (exact) mass is 299 g/mol. The van der Waals surface area contributed by atoms with Gasteiger partial charge in [-0.25, -0.2) is 4.98 Å². The van der Waals surface area contributed by atoms with Crippen LogP contribution in [0.5, 0.6) is 6.01 Å². The van der Waals surface area contributed by atoms with Crippen molar-refractivity contribution in [1.29, 1.82) is 0 Å². The van der Waals surface area contributed by atoms with Crippen molar-refractivity contribution in [3.8, 4) is 6.01 Å². The van der Waals surface area contributed by atoms with Crippen LogP contribution in [0.15, 0.2) is 6.33 Å². The Bertz CT molecular complexity index is 737. The second-order valence-corrected chi connectivity index (χ2v) is 6.28. The zero-order valence-electron chi connectivity index (χ0n) is 10.6. The van der Waals surface area contributed by atoms with Crippen LogP contribution in [0, 0.1) is 0 Å². The number of aromatic nitrogens is 4. The van der Waals surface area contributed by atoms with E-state index >= 15 is 0 Å². The van der Waals surface area contributed by atoms with E-state index < -0.39 is 10.1 Å².